The largest absolute Gasteiger partial charge is 0.310 e. The predicted octanol–water partition coefficient (Wildman–Crippen LogP) is 0.763. The van der Waals surface area contributed by atoms with Crippen molar-refractivity contribution in [2.24, 2.45) is 0 Å². The number of hydrogen-bond donors (Lipinski definition) is 1. The summed E-state index contributed by atoms with van der Waals surface area (Å²) in [6, 6.07) is 1.01. The van der Waals surface area contributed by atoms with Gasteiger partial charge in [0, 0.05) is 62.6 Å². The second-order valence-electron chi connectivity index (χ2n) is 6.14. The lowest BCUT2D eigenvalue weighted by atomic mass is 10.1. The maximum Gasteiger partial charge on any atom is 0.129 e. The molecule has 1 aromatic rings. The van der Waals surface area contributed by atoms with Crippen LogP contribution in [-0.4, -0.2) is 65.6 Å². The van der Waals surface area contributed by atoms with Gasteiger partial charge in [-0.15, -0.1) is 0 Å². The molecule has 0 aliphatic carbocycles. The minimum Gasteiger partial charge on any atom is -0.310 e. The molecule has 0 radical (unpaired) electrons. The molecular weight excluding hydrogens is 250 g/mol. The summed E-state index contributed by atoms with van der Waals surface area (Å²) in [7, 11) is 4.38. The Balaban J connectivity index is 1.89. The van der Waals surface area contributed by atoms with Crippen molar-refractivity contribution in [3.63, 3.8) is 0 Å². The van der Waals surface area contributed by atoms with E-state index in [1.54, 1.807) is 0 Å². The Morgan fingerprint density at radius 2 is 1.95 bits per heavy atom. The molecule has 0 amide bonds. The highest BCUT2D eigenvalue weighted by Gasteiger charge is 2.23. The molecule has 0 aromatic carbocycles. The van der Waals surface area contributed by atoms with Gasteiger partial charge < -0.3 is 15.1 Å². The second-order valence-corrected chi connectivity index (χ2v) is 6.14. The number of rotatable bonds is 5. The first kappa shape index (κ1) is 15.4. The molecule has 20 heavy (non-hydrogen) atoms. The highest BCUT2D eigenvalue weighted by Crippen LogP contribution is 2.10. The fourth-order valence-corrected chi connectivity index (χ4v) is 2.43. The van der Waals surface area contributed by atoms with E-state index in [9.17, 15) is 0 Å². The third-order valence-corrected chi connectivity index (χ3v) is 3.87. The van der Waals surface area contributed by atoms with Gasteiger partial charge in [0.15, 0.2) is 0 Å². The highest BCUT2D eigenvalue weighted by molar-refractivity contribution is 5.06. The third kappa shape index (κ3) is 4.51. The summed E-state index contributed by atoms with van der Waals surface area (Å²) in [5, 5.41) is 3.38. The lowest BCUT2D eigenvalue weighted by Gasteiger charge is -2.37. The van der Waals surface area contributed by atoms with Crippen molar-refractivity contribution in [3.05, 3.63) is 23.8 Å². The van der Waals surface area contributed by atoms with Crippen molar-refractivity contribution >= 4 is 0 Å². The maximum absolute atomic E-state index is 4.51. The fraction of sp³-hybridized carbons (Fsp3) is 0.733. The lowest BCUT2D eigenvalue weighted by Crippen LogP contribution is -2.50. The first-order chi connectivity index (χ1) is 9.54. The number of piperazine rings is 1. The Bertz CT molecular complexity index is 403. The van der Waals surface area contributed by atoms with Crippen LogP contribution in [0.15, 0.2) is 12.4 Å². The molecule has 5 heteroatoms. The van der Waals surface area contributed by atoms with E-state index in [2.05, 4.69) is 53.0 Å². The van der Waals surface area contributed by atoms with Crippen LogP contribution >= 0.6 is 0 Å². The SMILES string of the molecule is CC(C)NCc1cnc(CC2CN(C)CCN2C)nc1. The van der Waals surface area contributed by atoms with Crippen LogP contribution in [0.5, 0.6) is 0 Å². The zero-order valence-corrected chi connectivity index (χ0v) is 13.1. The zero-order chi connectivity index (χ0) is 14.5. The normalized spacial score (nSPS) is 21.6. The molecule has 5 nitrogen and oxygen atoms in total. The lowest BCUT2D eigenvalue weighted by molar-refractivity contribution is 0.113. The molecule has 2 rings (SSSR count). The van der Waals surface area contributed by atoms with Crippen molar-refractivity contribution in [2.75, 3.05) is 33.7 Å². The summed E-state index contributed by atoms with van der Waals surface area (Å²) < 4.78 is 0. The number of hydrogen-bond acceptors (Lipinski definition) is 5. The van der Waals surface area contributed by atoms with Crippen LogP contribution < -0.4 is 5.32 Å². The number of nitrogens with one attached hydrogen (secondary N) is 1. The summed E-state index contributed by atoms with van der Waals surface area (Å²) >= 11 is 0. The molecule has 1 N–H and O–H groups in total. The molecule has 0 bridgehead atoms. The summed E-state index contributed by atoms with van der Waals surface area (Å²) in [5.41, 5.74) is 1.15. The Labute approximate surface area is 122 Å². The predicted molar refractivity (Wildman–Crippen MR) is 81.6 cm³/mol. The number of likely N-dealkylation sites (N-methyl/N-ethyl adjacent to an activating group) is 2. The van der Waals surface area contributed by atoms with Crippen LogP contribution in [-0.2, 0) is 13.0 Å². The monoisotopic (exact) mass is 277 g/mol. The van der Waals surface area contributed by atoms with Gasteiger partial charge in [-0.1, -0.05) is 13.8 Å². The van der Waals surface area contributed by atoms with Crippen molar-refractivity contribution in [3.8, 4) is 0 Å². The molecule has 1 atom stereocenters. The van der Waals surface area contributed by atoms with Gasteiger partial charge in [-0.25, -0.2) is 9.97 Å². The molecule has 112 valence electrons. The van der Waals surface area contributed by atoms with E-state index in [1.807, 2.05) is 12.4 Å². The Hall–Kier alpha value is -1.04. The fourth-order valence-electron chi connectivity index (χ4n) is 2.43. The van der Waals surface area contributed by atoms with Crippen molar-refractivity contribution in [2.45, 2.75) is 38.9 Å². The van der Waals surface area contributed by atoms with E-state index in [0.29, 0.717) is 12.1 Å². The Morgan fingerprint density at radius 1 is 1.25 bits per heavy atom. The molecular formula is C15H27N5. The van der Waals surface area contributed by atoms with Gasteiger partial charge in [0.2, 0.25) is 0 Å². The summed E-state index contributed by atoms with van der Waals surface area (Å²) in [6.07, 6.45) is 4.83. The van der Waals surface area contributed by atoms with Crippen LogP contribution in [0, 0.1) is 0 Å². The number of aromatic nitrogens is 2. The van der Waals surface area contributed by atoms with Crippen LogP contribution in [0.4, 0.5) is 0 Å². The minimum absolute atomic E-state index is 0.487. The molecule has 1 fully saturated rings. The van der Waals surface area contributed by atoms with Crippen molar-refractivity contribution in [1.82, 2.24) is 25.1 Å². The summed E-state index contributed by atoms with van der Waals surface area (Å²) in [5.74, 6) is 0.949. The molecule has 0 saturated carbocycles. The average Bonchev–Trinajstić information content (AvgIpc) is 2.42. The van der Waals surface area contributed by atoms with E-state index >= 15 is 0 Å². The summed E-state index contributed by atoms with van der Waals surface area (Å²) in [6.45, 7) is 8.49. The number of nitrogens with zero attached hydrogens (tertiary/aromatic N) is 4. The first-order valence-electron chi connectivity index (χ1n) is 7.46. The molecule has 0 spiro atoms. The standard InChI is InChI=1S/C15H27N5/c1-12(2)16-8-13-9-17-15(18-10-13)7-14-11-19(3)5-6-20(14)4/h9-10,12,14,16H,5-8,11H2,1-4H3. The van der Waals surface area contributed by atoms with Crippen LogP contribution in [0.2, 0.25) is 0 Å². The van der Waals surface area contributed by atoms with E-state index in [4.69, 9.17) is 0 Å². The topological polar surface area (TPSA) is 44.3 Å². The van der Waals surface area contributed by atoms with E-state index in [-0.39, 0.29) is 0 Å². The summed E-state index contributed by atoms with van der Waals surface area (Å²) in [4.78, 5) is 13.8. The van der Waals surface area contributed by atoms with Crippen molar-refractivity contribution in [1.29, 1.82) is 0 Å². The van der Waals surface area contributed by atoms with Crippen LogP contribution in [0.1, 0.15) is 25.2 Å². The Kier molecular flexibility index (Phi) is 5.46. The van der Waals surface area contributed by atoms with Gasteiger partial charge >= 0.3 is 0 Å². The molecule has 1 saturated heterocycles. The molecule has 1 aliphatic heterocycles. The van der Waals surface area contributed by atoms with Gasteiger partial charge in [-0.05, 0) is 14.1 Å². The minimum atomic E-state index is 0.487. The third-order valence-electron chi connectivity index (χ3n) is 3.87. The second kappa shape index (κ2) is 7.11. The molecule has 1 aromatic heterocycles. The van der Waals surface area contributed by atoms with E-state index < -0.39 is 0 Å². The molecule has 1 aliphatic rings. The van der Waals surface area contributed by atoms with Gasteiger partial charge in [0.25, 0.3) is 0 Å². The smallest absolute Gasteiger partial charge is 0.129 e. The zero-order valence-electron chi connectivity index (χ0n) is 13.1. The van der Waals surface area contributed by atoms with E-state index in [0.717, 1.165) is 44.0 Å². The van der Waals surface area contributed by atoms with Gasteiger partial charge in [0.05, 0.1) is 0 Å². The average molecular weight is 277 g/mol. The highest BCUT2D eigenvalue weighted by atomic mass is 15.3. The van der Waals surface area contributed by atoms with Crippen LogP contribution in [0.3, 0.4) is 0 Å². The molecule has 1 unspecified atom stereocenters. The first-order valence-corrected chi connectivity index (χ1v) is 7.46. The maximum atomic E-state index is 4.51. The van der Waals surface area contributed by atoms with E-state index in [1.165, 1.54) is 0 Å². The quantitative estimate of drug-likeness (QED) is 0.861. The van der Waals surface area contributed by atoms with Crippen molar-refractivity contribution < 1.29 is 0 Å². The van der Waals surface area contributed by atoms with Crippen LogP contribution in [0.25, 0.3) is 0 Å². The van der Waals surface area contributed by atoms with Gasteiger partial charge in [-0.3, -0.25) is 0 Å². The Morgan fingerprint density at radius 3 is 2.60 bits per heavy atom. The van der Waals surface area contributed by atoms with Gasteiger partial charge in [-0.2, -0.15) is 0 Å². The molecule has 2 heterocycles. The van der Waals surface area contributed by atoms with Gasteiger partial charge in [0.1, 0.15) is 5.82 Å².